The molecule has 0 saturated carbocycles. The van der Waals surface area contributed by atoms with E-state index in [9.17, 15) is 14.4 Å². The largest absolute Gasteiger partial charge is 0.334 e. The number of hydrogen-bond acceptors (Lipinski definition) is 3. The van der Waals surface area contributed by atoms with Gasteiger partial charge in [-0.25, -0.2) is 0 Å². The van der Waals surface area contributed by atoms with E-state index in [-0.39, 0.29) is 17.3 Å². The molecule has 1 N–H and O–H groups in total. The molecule has 4 rings (SSSR count). The Bertz CT molecular complexity index is 1100. The molecule has 5 heteroatoms. The fraction of sp³-hybridized carbons (Fsp3) is 0.240. The van der Waals surface area contributed by atoms with Gasteiger partial charge in [-0.15, -0.1) is 0 Å². The van der Waals surface area contributed by atoms with Crippen molar-refractivity contribution in [2.24, 2.45) is 0 Å². The zero-order valence-electron chi connectivity index (χ0n) is 16.8. The minimum atomic E-state index is -0.425. The Morgan fingerprint density at radius 3 is 2.27 bits per heavy atom. The predicted octanol–water partition coefficient (Wildman–Crippen LogP) is 3.78. The van der Waals surface area contributed by atoms with E-state index < -0.39 is 5.56 Å². The summed E-state index contributed by atoms with van der Waals surface area (Å²) in [6, 6.07) is 21.2. The zero-order valence-corrected chi connectivity index (χ0v) is 16.8. The molecule has 1 aliphatic carbocycles. The lowest BCUT2D eigenvalue weighted by Crippen LogP contribution is -2.37. The van der Waals surface area contributed by atoms with Gasteiger partial charge in [0.05, 0.1) is 0 Å². The zero-order chi connectivity index (χ0) is 20.9. The Labute approximate surface area is 175 Å². The van der Waals surface area contributed by atoms with Gasteiger partial charge in [0.15, 0.2) is 5.78 Å². The van der Waals surface area contributed by atoms with Crippen LogP contribution in [-0.4, -0.2) is 28.1 Å². The number of pyridine rings is 1. The second-order valence-electron chi connectivity index (χ2n) is 7.63. The highest BCUT2D eigenvalue weighted by molar-refractivity contribution is 6.01. The maximum absolute atomic E-state index is 13.4. The summed E-state index contributed by atoms with van der Waals surface area (Å²) in [7, 11) is 0. The summed E-state index contributed by atoms with van der Waals surface area (Å²) >= 11 is 0. The lowest BCUT2D eigenvalue weighted by atomic mass is 9.93. The normalized spacial score (nSPS) is 13.0. The van der Waals surface area contributed by atoms with Gasteiger partial charge in [0.25, 0.3) is 11.5 Å². The minimum absolute atomic E-state index is 0.0135. The lowest BCUT2D eigenvalue weighted by molar-refractivity contribution is 0.0743. The van der Waals surface area contributed by atoms with E-state index in [2.05, 4.69) is 4.98 Å². The number of hydrogen-bond donors (Lipinski definition) is 1. The van der Waals surface area contributed by atoms with E-state index >= 15 is 0 Å². The standard InChI is InChI=1S/C25H24N2O3/c28-23-13-7-12-22-20(23)16-21(24(29)26-22)25(30)27(17-19-10-5-2-6-11-19)15-14-18-8-3-1-4-9-18/h1-6,8-11,16H,7,12-15,17H2,(H,26,29). The molecule has 0 spiro atoms. The molecule has 152 valence electrons. The highest BCUT2D eigenvalue weighted by Crippen LogP contribution is 2.20. The minimum Gasteiger partial charge on any atom is -0.334 e. The van der Waals surface area contributed by atoms with Gasteiger partial charge in [0.1, 0.15) is 5.56 Å². The van der Waals surface area contributed by atoms with Crippen LogP contribution in [0.5, 0.6) is 0 Å². The highest BCUT2D eigenvalue weighted by Gasteiger charge is 2.25. The first-order chi connectivity index (χ1) is 14.6. The summed E-state index contributed by atoms with van der Waals surface area (Å²) in [5.41, 5.74) is 2.85. The number of aryl methyl sites for hydroxylation is 1. The number of aromatic nitrogens is 1. The van der Waals surface area contributed by atoms with Crippen LogP contribution >= 0.6 is 0 Å². The maximum atomic E-state index is 13.4. The quantitative estimate of drug-likeness (QED) is 0.685. The Morgan fingerprint density at radius 2 is 1.57 bits per heavy atom. The second kappa shape index (κ2) is 8.91. The van der Waals surface area contributed by atoms with Gasteiger partial charge in [0, 0.05) is 30.8 Å². The van der Waals surface area contributed by atoms with Crippen molar-refractivity contribution in [2.75, 3.05) is 6.54 Å². The van der Waals surface area contributed by atoms with Crippen LogP contribution in [0.1, 0.15) is 50.4 Å². The van der Waals surface area contributed by atoms with Gasteiger partial charge in [0.2, 0.25) is 0 Å². The number of H-pyrrole nitrogens is 1. The van der Waals surface area contributed by atoms with Crippen molar-refractivity contribution < 1.29 is 9.59 Å². The molecule has 3 aromatic rings. The van der Waals surface area contributed by atoms with Crippen LogP contribution in [0.3, 0.4) is 0 Å². The molecule has 0 fully saturated rings. The monoisotopic (exact) mass is 400 g/mol. The van der Waals surface area contributed by atoms with Crippen LogP contribution in [0.2, 0.25) is 0 Å². The van der Waals surface area contributed by atoms with Gasteiger partial charge in [-0.3, -0.25) is 14.4 Å². The Balaban J connectivity index is 1.64. The average Bonchev–Trinajstić information content (AvgIpc) is 2.77. The van der Waals surface area contributed by atoms with Crippen molar-refractivity contribution in [3.8, 4) is 0 Å². The molecule has 0 bridgehead atoms. The fourth-order valence-corrected chi connectivity index (χ4v) is 3.87. The molecule has 1 aromatic heterocycles. The van der Waals surface area contributed by atoms with Crippen molar-refractivity contribution in [1.29, 1.82) is 0 Å². The highest BCUT2D eigenvalue weighted by atomic mass is 16.2. The number of carbonyl (C=O) groups excluding carboxylic acids is 2. The third-order valence-corrected chi connectivity index (χ3v) is 5.50. The number of carbonyl (C=O) groups is 2. The van der Waals surface area contributed by atoms with Crippen LogP contribution < -0.4 is 5.56 Å². The molecule has 0 atom stereocenters. The molecule has 0 saturated heterocycles. The van der Waals surface area contributed by atoms with E-state index in [0.29, 0.717) is 43.6 Å². The van der Waals surface area contributed by atoms with Gasteiger partial charge in [-0.1, -0.05) is 60.7 Å². The number of rotatable bonds is 6. The van der Waals surface area contributed by atoms with Crippen molar-refractivity contribution in [3.05, 3.63) is 105 Å². The molecule has 0 unspecified atom stereocenters. The van der Waals surface area contributed by atoms with Crippen LogP contribution in [0.4, 0.5) is 0 Å². The van der Waals surface area contributed by atoms with E-state index in [1.54, 1.807) is 4.90 Å². The molecular weight excluding hydrogens is 376 g/mol. The van der Waals surface area contributed by atoms with Crippen LogP contribution in [0.25, 0.3) is 0 Å². The third-order valence-electron chi connectivity index (χ3n) is 5.50. The van der Waals surface area contributed by atoms with Crippen LogP contribution in [-0.2, 0) is 19.4 Å². The van der Waals surface area contributed by atoms with Crippen molar-refractivity contribution >= 4 is 11.7 Å². The topological polar surface area (TPSA) is 70.2 Å². The summed E-state index contributed by atoms with van der Waals surface area (Å²) in [5, 5.41) is 0. The number of fused-ring (bicyclic) bond motifs is 1. The molecule has 1 aliphatic rings. The number of benzene rings is 2. The Hall–Kier alpha value is -3.47. The summed E-state index contributed by atoms with van der Waals surface area (Å²) in [5.74, 6) is -0.363. The maximum Gasteiger partial charge on any atom is 0.261 e. The van der Waals surface area contributed by atoms with E-state index in [1.807, 2.05) is 60.7 Å². The van der Waals surface area contributed by atoms with E-state index in [0.717, 1.165) is 17.5 Å². The molecule has 5 nitrogen and oxygen atoms in total. The first-order valence-corrected chi connectivity index (χ1v) is 10.3. The SMILES string of the molecule is O=C1CCCc2[nH]c(=O)c(C(=O)N(CCc3ccccc3)Cc3ccccc3)cc21. The molecule has 1 amide bonds. The third kappa shape index (κ3) is 4.40. The van der Waals surface area contributed by atoms with Crippen LogP contribution in [0.15, 0.2) is 71.5 Å². The van der Waals surface area contributed by atoms with E-state index in [1.165, 1.54) is 6.07 Å². The molecule has 2 aromatic carbocycles. The predicted molar refractivity (Wildman–Crippen MR) is 116 cm³/mol. The first-order valence-electron chi connectivity index (χ1n) is 10.3. The van der Waals surface area contributed by atoms with Crippen molar-refractivity contribution in [2.45, 2.75) is 32.2 Å². The van der Waals surface area contributed by atoms with Gasteiger partial charge < -0.3 is 9.88 Å². The van der Waals surface area contributed by atoms with Crippen molar-refractivity contribution in [1.82, 2.24) is 9.88 Å². The van der Waals surface area contributed by atoms with Crippen molar-refractivity contribution in [3.63, 3.8) is 0 Å². The summed E-state index contributed by atoms with van der Waals surface area (Å²) in [4.78, 5) is 42.8. The Kier molecular flexibility index (Phi) is 5.89. The molecule has 0 aliphatic heterocycles. The summed E-state index contributed by atoms with van der Waals surface area (Å²) in [6.45, 7) is 0.874. The summed E-state index contributed by atoms with van der Waals surface area (Å²) in [6.07, 6.45) is 2.52. The molecule has 30 heavy (non-hydrogen) atoms. The Morgan fingerprint density at radius 1 is 0.900 bits per heavy atom. The molecule has 1 heterocycles. The average molecular weight is 400 g/mol. The number of aromatic amines is 1. The number of nitrogens with one attached hydrogen (secondary N) is 1. The number of Topliss-reactive ketones (excluding diaryl/α,β-unsaturated/α-hetero) is 1. The van der Waals surface area contributed by atoms with Crippen LogP contribution in [0, 0.1) is 0 Å². The summed E-state index contributed by atoms with van der Waals surface area (Å²) < 4.78 is 0. The lowest BCUT2D eigenvalue weighted by Gasteiger charge is -2.24. The molecule has 0 radical (unpaired) electrons. The first kappa shape index (κ1) is 19.8. The number of amides is 1. The van der Waals surface area contributed by atoms with Gasteiger partial charge in [-0.2, -0.15) is 0 Å². The molecular formula is C25H24N2O3. The number of ketones is 1. The fourth-order valence-electron chi connectivity index (χ4n) is 3.87. The second-order valence-corrected chi connectivity index (χ2v) is 7.63. The van der Waals surface area contributed by atoms with E-state index in [4.69, 9.17) is 0 Å². The smallest absolute Gasteiger partial charge is 0.261 e. The van der Waals surface area contributed by atoms with Gasteiger partial charge >= 0.3 is 0 Å². The van der Waals surface area contributed by atoms with Gasteiger partial charge in [-0.05, 0) is 36.5 Å². The number of nitrogens with zero attached hydrogens (tertiary/aromatic N) is 1.